The molecule has 6 rings (SSSR count). The summed E-state index contributed by atoms with van der Waals surface area (Å²) in [5.41, 5.74) is 0. The number of hydrogen-bond donors (Lipinski definition) is 0. The molecule has 4 bridgehead atoms. The SMILES string of the molecule is ClC1=C(Cl)[C@]2(Cl)[C@@H]3[C@H]4CC[C@H]([C@@H]5O[C@H]45)[C@@H]3[C@@]1(Cl)C2(Cl)Cl. The van der Waals surface area contributed by atoms with Gasteiger partial charge in [-0.15, -0.1) is 23.2 Å². The average Bonchev–Trinajstić information content (AvgIpc) is 3.19. The van der Waals surface area contributed by atoms with Gasteiger partial charge in [-0.05, 0) is 36.5 Å². The Morgan fingerprint density at radius 2 is 1.20 bits per heavy atom. The van der Waals surface area contributed by atoms with Gasteiger partial charge in [-0.3, -0.25) is 0 Å². The van der Waals surface area contributed by atoms with Gasteiger partial charge in [0.05, 0.1) is 22.3 Å². The lowest BCUT2D eigenvalue weighted by atomic mass is 9.55. The summed E-state index contributed by atoms with van der Waals surface area (Å²) in [5, 5.41) is 0.652. The Kier molecular flexibility index (Phi) is 2.48. The standard InChI is InChI=1S/C13H10Cl6O/c14-9-10(15)12(17)6-4-2-1-3(7-8(4)20-7)5(6)11(9,16)13(12,18)19/h3-8H,1-2H2/t3-,4+,5-,6+,7-,8+,11-,12+. The number of fused-ring (bicyclic) bond motifs is 3. The maximum Gasteiger partial charge on any atom is 0.166 e. The monoisotopic (exact) mass is 392 g/mol. The quantitative estimate of drug-likeness (QED) is 0.421. The van der Waals surface area contributed by atoms with Crippen LogP contribution in [-0.2, 0) is 4.74 Å². The van der Waals surface area contributed by atoms with Crippen LogP contribution in [0.1, 0.15) is 12.8 Å². The van der Waals surface area contributed by atoms with Crippen LogP contribution in [0.2, 0.25) is 0 Å². The summed E-state index contributed by atoms with van der Waals surface area (Å²) >= 11 is 39.9. The van der Waals surface area contributed by atoms with E-state index in [4.69, 9.17) is 74.3 Å². The maximum atomic E-state index is 6.90. The largest absolute Gasteiger partial charge is 0.369 e. The highest BCUT2D eigenvalue weighted by Gasteiger charge is 2.87. The number of epoxide rings is 1. The van der Waals surface area contributed by atoms with Crippen LogP contribution in [0.25, 0.3) is 0 Å². The van der Waals surface area contributed by atoms with Crippen LogP contribution < -0.4 is 0 Å². The van der Waals surface area contributed by atoms with Gasteiger partial charge in [0.2, 0.25) is 0 Å². The minimum Gasteiger partial charge on any atom is -0.369 e. The number of halogens is 6. The van der Waals surface area contributed by atoms with Crippen molar-refractivity contribution in [2.45, 2.75) is 39.1 Å². The van der Waals surface area contributed by atoms with E-state index >= 15 is 0 Å². The molecule has 0 aromatic carbocycles. The zero-order chi connectivity index (χ0) is 14.2. The van der Waals surface area contributed by atoms with Crippen LogP contribution >= 0.6 is 69.6 Å². The van der Waals surface area contributed by atoms with Crippen molar-refractivity contribution in [1.82, 2.24) is 0 Å². The van der Waals surface area contributed by atoms with E-state index < -0.39 is 14.1 Å². The molecule has 8 atom stereocenters. The Balaban J connectivity index is 1.80. The van der Waals surface area contributed by atoms with Crippen LogP contribution in [-0.4, -0.2) is 26.3 Å². The van der Waals surface area contributed by atoms with E-state index in [-0.39, 0.29) is 24.0 Å². The van der Waals surface area contributed by atoms with Crippen molar-refractivity contribution >= 4 is 69.6 Å². The number of ether oxygens (including phenoxy) is 1. The lowest BCUT2D eigenvalue weighted by Gasteiger charge is -2.50. The molecule has 0 aromatic heterocycles. The summed E-state index contributed by atoms with van der Waals surface area (Å²) in [5.74, 6) is 0.718. The summed E-state index contributed by atoms with van der Waals surface area (Å²) in [6.07, 6.45) is 2.69. The second-order valence-electron chi connectivity index (χ2n) is 6.65. The Hall–Kier alpha value is 1.44. The van der Waals surface area contributed by atoms with Crippen molar-refractivity contribution in [3.8, 4) is 0 Å². The lowest BCUT2D eigenvalue weighted by molar-refractivity contribution is 0.0524. The summed E-state index contributed by atoms with van der Waals surface area (Å²) in [7, 11) is 0. The number of hydrogen-bond acceptors (Lipinski definition) is 1. The van der Waals surface area contributed by atoms with E-state index in [0.717, 1.165) is 12.8 Å². The zero-order valence-corrected chi connectivity index (χ0v) is 14.6. The third kappa shape index (κ3) is 1.07. The topological polar surface area (TPSA) is 12.5 Å². The first kappa shape index (κ1) is 13.8. The molecule has 5 fully saturated rings. The molecule has 7 heteroatoms. The Bertz CT molecular complexity index is 529. The highest BCUT2D eigenvalue weighted by Crippen LogP contribution is 2.82. The molecule has 0 aromatic rings. The van der Waals surface area contributed by atoms with E-state index in [1.165, 1.54) is 0 Å². The number of rotatable bonds is 0. The normalized spacial score (nSPS) is 64.5. The molecule has 1 aliphatic heterocycles. The molecule has 1 nitrogen and oxygen atoms in total. The van der Waals surface area contributed by atoms with Gasteiger partial charge in [0.15, 0.2) is 4.33 Å². The van der Waals surface area contributed by atoms with Crippen LogP contribution in [0.15, 0.2) is 10.1 Å². The highest BCUT2D eigenvalue weighted by molar-refractivity contribution is 6.65. The summed E-state index contributed by atoms with van der Waals surface area (Å²) in [6, 6.07) is 0. The molecule has 6 aliphatic rings. The first-order valence-corrected chi connectivity index (χ1v) is 9.02. The molecule has 1 saturated heterocycles. The molecule has 0 N–H and O–H groups in total. The maximum absolute atomic E-state index is 6.90. The van der Waals surface area contributed by atoms with Crippen molar-refractivity contribution in [3.05, 3.63) is 10.1 Å². The van der Waals surface area contributed by atoms with E-state index in [0.29, 0.717) is 21.9 Å². The van der Waals surface area contributed by atoms with Gasteiger partial charge in [0.25, 0.3) is 0 Å². The average molecular weight is 395 g/mol. The van der Waals surface area contributed by atoms with Crippen LogP contribution in [0.4, 0.5) is 0 Å². The molecule has 1 heterocycles. The third-order valence-corrected chi connectivity index (χ3v) is 10.5. The first-order valence-electron chi connectivity index (χ1n) is 6.75. The van der Waals surface area contributed by atoms with Gasteiger partial charge < -0.3 is 4.74 Å². The summed E-state index contributed by atoms with van der Waals surface area (Å²) < 4.78 is 4.46. The molecule has 0 unspecified atom stereocenters. The molecule has 0 amide bonds. The fraction of sp³-hybridized carbons (Fsp3) is 0.846. The van der Waals surface area contributed by atoms with Crippen molar-refractivity contribution in [1.29, 1.82) is 0 Å². The molecular formula is C13H10Cl6O. The lowest BCUT2D eigenvalue weighted by Crippen LogP contribution is -2.54. The summed E-state index contributed by atoms with van der Waals surface area (Å²) in [4.78, 5) is -2.19. The van der Waals surface area contributed by atoms with E-state index in [1.807, 2.05) is 0 Å². The van der Waals surface area contributed by atoms with Crippen LogP contribution in [0.5, 0.6) is 0 Å². The molecular weight excluding hydrogens is 385 g/mol. The molecule has 110 valence electrons. The fourth-order valence-electron chi connectivity index (χ4n) is 5.50. The van der Waals surface area contributed by atoms with Crippen molar-refractivity contribution < 1.29 is 4.74 Å². The molecule has 4 saturated carbocycles. The number of alkyl halides is 4. The van der Waals surface area contributed by atoms with E-state index in [2.05, 4.69) is 0 Å². The van der Waals surface area contributed by atoms with E-state index in [1.54, 1.807) is 0 Å². The summed E-state index contributed by atoms with van der Waals surface area (Å²) in [6.45, 7) is 0. The minimum atomic E-state index is -1.38. The predicted octanol–water partition coefficient (Wildman–Crippen LogP) is 4.87. The molecule has 5 aliphatic carbocycles. The van der Waals surface area contributed by atoms with Crippen molar-refractivity contribution in [2.24, 2.45) is 23.7 Å². The fourth-order valence-corrected chi connectivity index (χ4v) is 8.63. The number of allylic oxidation sites excluding steroid dienone is 2. The molecule has 20 heavy (non-hydrogen) atoms. The zero-order valence-electron chi connectivity index (χ0n) is 10.1. The van der Waals surface area contributed by atoms with Gasteiger partial charge in [-0.2, -0.15) is 0 Å². The second-order valence-corrected chi connectivity index (χ2v) is 9.92. The van der Waals surface area contributed by atoms with Crippen LogP contribution in [0, 0.1) is 23.7 Å². The third-order valence-electron chi connectivity index (χ3n) is 6.21. The van der Waals surface area contributed by atoms with Gasteiger partial charge in [-0.1, -0.05) is 46.4 Å². The highest BCUT2D eigenvalue weighted by atomic mass is 35.5. The van der Waals surface area contributed by atoms with Gasteiger partial charge in [0, 0.05) is 0 Å². The Labute approximate surface area is 146 Å². The van der Waals surface area contributed by atoms with E-state index in [9.17, 15) is 0 Å². The Morgan fingerprint density at radius 3 is 1.60 bits per heavy atom. The Morgan fingerprint density at radius 1 is 0.800 bits per heavy atom. The second kappa shape index (κ2) is 3.58. The molecule has 0 radical (unpaired) electrons. The van der Waals surface area contributed by atoms with Gasteiger partial charge in [-0.25, -0.2) is 0 Å². The van der Waals surface area contributed by atoms with Crippen molar-refractivity contribution in [2.75, 3.05) is 0 Å². The van der Waals surface area contributed by atoms with Crippen LogP contribution in [0.3, 0.4) is 0 Å². The molecule has 0 spiro atoms. The van der Waals surface area contributed by atoms with Gasteiger partial charge in [0.1, 0.15) is 9.75 Å². The predicted molar refractivity (Wildman–Crippen MR) is 82.2 cm³/mol. The first-order chi connectivity index (χ1) is 9.28. The smallest absolute Gasteiger partial charge is 0.166 e. The van der Waals surface area contributed by atoms with Gasteiger partial charge >= 0.3 is 0 Å². The minimum absolute atomic E-state index is 0.0363. The van der Waals surface area contributed by atoms with Crippen molar-refractivity contribution in [3.63, 3.8) is 0 Å².